The van der Waals surface area contributed by atoms with E-state index in [0.29, 0.717) is 6.42 Å². The lowest BCUT2D eigenvalue weighted by molar-refractivity contribution is 0.0981. The minimum absolute atomic E-state index is 0.116. The van der Waals surface area contributed by atoms with Crippen molar-refractivity contribution < 1.29 is 9.59 Å². The molecule has 4 rings (SSSR count). The summed E-state index contributed by atoms with van der Waals surface area (Å²) in [4.78, 5) is 32.9. The van der Waals surface area contributed by atoms with E-state index >= 15 is 0 Å². The van der Waals surface area contributed by atoms with Crippen LogP contribution >= 0.6 is 45.3 Å². The van der Waals surface area contributed by atoms with E-state index < -0.39 is 0 Å². The fraction of sp³-hybridized carbons (Fsp3) is 0.280. The molecule has 6 heteroatoms. The number of unbranched alkanes of at least 4 members (excludes halogenated alkanes) is 3. The van der Waals surface area contributed by atoms with Gasteiger partial charge in [0.1, 0.15) is 0 Å². The van der Waals surface area contributed by atoms with Crippen LogP contribution in [0, 0.1) is 0 Å². The van der Waals surface area contributed by atoms with Crippen molar-refractivity contribution in [2.75, 3.05) is 0 Å². The molecule has 0 atom stereocenters. The van der Waals surface area contributed by atoms with E-state index in [1.807, 2.05) is 18.2 Å². The molecule has 4 aromatic heterocycles. The summed E-state index contributed by atoms with van der Waals surface area (Å²) in [5.41, 5.74) is 0. The zero-order chi connectivity index (χ0) is 21.8. The summed E-state index contributed by atoms with van der Waals surface area (Å²) < 4.78 is 0. The monoisotopic (exact) mass is 484 g/mol. The number of hydrogen-bond acceptors (Lipinski definition) is 6. The molecule has 0 saturated carbocycles. The van der Waals surface area contributed by atoms with E-state index in [-0.39, 0.29) is 11.6 Å². The average molecular weight is 485 g/mol. The Kier molecular flexibility index (Phi) is 7.33. The lowest BCUT2D eigenvalue weighted by Crippen LogP contribution is -1.95. The molecule has 2 nitrogen and oxygen atoms in total. The van der Waals surface area contributed by atoms with Crippen molar-refractivity contribution in [3.63, 3.8) is 0 Å². The van der Waals surface area contributed by atoms with Crippen molar-refractivity contribution in [3.05, 3.63) is 58.3 Å². The van der Waals surface area contributed by atoms with E-state index in [9.17, 15) is 9.59 Å². The maximum absolute atomic E-state index is 12.5. The van der Waals surface area contributed by atoms with Crippen molar-refractivity contribution in [2.45, 2.75) is 46.0 Å². The molecule has 0 radical (unpaired) electrons. The Morgan fingerprint density at radius 3 is 1.55 bits per heavy atom. The maximum atomic E-state index is 12.5. The highest BCUT2D eigenvalue weighted by molar-refractivity contribution is 7.29. The summed E-state index contributed by atoms with van der Waals surface area (Å²) in [6.45, 7) is 3.80. The zero-order valence-corrected chi connectivity index (χ0v) is 20.9. The molecule has 0 amide bonds. The predicted octanol–water partition coefficient (Wildman–Crippen LogP) is 9.29. The number of carbonyl (C=O) groups excluding carboxylic acids is 2. The van der Waals surface area contributed by atoms with Crippen LogP contribution in [0.2, 0.25) is 0 Å². The van der Waals surface area contributed by atoms with Crippen LogP contribution in [0.5, 0.6) is 0 Å². The highest BCUT2D eigenvalue weighted by Gasteiger charge is 2.14. The van der Waals surface area contributed by atoms with Crippen LogP contribution < -0.4 is 0 Å². The highest BCUT2D eigenvalue weighted by Crippen LogP contribution is 2.43. The zero-order valence-electron chi connectivity index (χ0n) is 17.6. The molecule has 0 fully saturated rings. The first kappa shape index (κ1) is 22.3. The molecule has 0 unspecified atom stereocenters. The molecule has 0 aliphatic heterocycles. The van der Waals surface area contributed by atoms with Crippen molar-refractivity contribution in [2.24, 2.45) is 0 Å². The minimum Gasteiger partial charge on any atom is -0.294 e. The molecule has 0 aliphatic carbocycles. The first-order valence-electron chi connectivity index (χ1n) is 10.5. The summed E-state index contributed by atoms with van der Waals surface area (Å²) in [5.74, 6) is 0.388. The first-order valence-corrected chi connectivity index (χ1v) is 13.8. The quantitative estimate of drug-likeness (QED) is 0.166. The Hall–Kier alpha value is -1.86. The fourth-order valence-electron chi connectivity index (χ4n) is 3.32. The van der Waals surface area contributed by atoms with Gasteiger partial charge >= 0.3 is 0 Å². The second-order valence-corrected chi connectivity index (χ2v) is 11.8. The minimum atomic E-state index is 0.116. The van der Waals surface area contributed by atoms with Crippen LogP contribution in [0.25, 0.3) is 29.3 Å². The standard InChI is InChI=1S/C25H24O2S4/c1-3-4-5-6-7-17(27)19-9-11-21(29-19)23-13-15-25(31-23)24-14-12-22(30-24)20-10-8-18(28-20)16(2)26/h8-15H,3-7H2,1-2H3. The van der Waals surface area contributed by atoms with Crippen LogP contribution in [-0.2, 0) is 0 Å². The third kappa shape index (κ3) is 5.32. The Labute approximate surface area is 199 Å². The highest BCUT2D eigenvalue weighted by atomic mass is 32.1. The van der Waals surface area contributed by atoms with Gasteiger partial charge in [-0.25, -0.2) is 0 Å². The Bertz CT molecular complexity index is 1190. The summed E-state index contributed by atoms with van der Waals surface area (Å²) >= 11 is 6.68. The normalized spacial score (nSPS) is 11.2. The van der Waals surface area contributed by atoms with Gasteiger partial charge in [-0.15, -0.1) is 45.3 Å². The van der Waals surface area contributed by atoms with Gasteiger partial charge in [-0.1, -0.05) is 26.2 Å². The van der Waals surface area contributed by atoms with Gasteiger partial charge in [0.15, 0.2) is 11.6 Å². The van der Waals surface area contributed by atoms with E-state index in [0.717, 1.165) is 32.4 Å². The van der Waals surface area contributed by atoms with E-state index in [1.54, 1.807) is 52.3 Å². The van der Waals surface area contributed by atoms with Crippen LogP contribution in [-0.4, -0.2) is 11.6 Å². The van der Waals surface area contributed by atoms with E-state index in [1.165, 1.54) is 32.4 Å². The van der Waals surface area contributed by atoms with Crippen LogP contribution in [0.1, 0.15) is 65.3 Å². The van der Waals surface area contributed by atoms with E-state index in [2.05, 4.69) is 37.3 Å². The lowest BCUT2D eigenvalue weighted by atomic mass is 10.1. The van der Waals surface area contributed by atoms with Crippen molar-refractivity contribution in [3.8, 4) is 29.3 Å². The van der Waals surface area contributed by atoms with Gasteiger partial charge < -0.3 is 0 Å². The smallest absolute Gasteiger partial charge is 0.172 e. The average Bonchev–Trinajstić information content (AvgIpc) is 3.55. The number of ketones is 2. The van der Waals surface area contributed by atoms with E-state index in [4.69, 9.17) is 0 Å². The van der Waals surface area contributed by atoms with Gasteiger partial charge in [0.05, 0.1) is 9.75 Å². The summed E-state index contributed by atoms with van der Waals surface area (Å²) in [7, 11) is 0. The summed E-state index contributed by atoms with van der Waals surface area (Å²) in [6.07, 6.45) is 5.18. The van der Waals surface area contributed by atoms with Gasteiger partial charge in [-0.2, -0.15) is 0 Å². The molecule has 0 bridgehead atoms. The van der Waals surface area contributed by atoms with Gasteiger partial charge in [0.2, 0.25) is 0 Å². The third-order valence-corrected chi connectivity index (χ3v) is 10.1. The molecule has 4 heterocycles. The number of thiophene rings is 4. The Morgan fingerprint density at radius 2 is 1.06 bits per heavy atom. The SMILES string of the molecule is CCCCCCC(=O)c1ccc(-c2ccc(-c3ccc(-c4ccc(C(C)=O)s4)s3)s2)s1. The van der Waals surface area contributed by atoms with Crippen LogP contribution in [0.4, 0.5) is 0 Å². The summed E-state index contributed by atoms with van der Waals surface area (Å²) in [5, 5.41) is 0. The maximum Gasteiger partial charge on any atom is 0.172 e. The Balaban J connectivity index is 1.45. The van der Waals surface area contributed by atoms with Crippen LogP contribution in [0.15, 0.2) is 48.5 Å². The fourth-order valence-corrected chi connectivity index (χ4v) is 7.48. The molecule has 0 N–H and O–H groups in total. The number of Topliss-reactive ketones (excluding diaryl/α,β-unsaturated/α-hetero) is 2. The topological polar surface area (TPSA) is 34.1 Å². The largest absolute Gasteiger partial charge is 0.294 e. The van der Waals surface area contributed by atoms with Crippen molar-refractivity contribution in [1.82, 2.24) is 0 Å². The molecular formula is C25H24O2S4. The second-order valence-electron chi connectivity index (χ2n) is 7.45. The third-order valence-electron chi connectivity index (χ3n) is 5.03. The molecule has 0 spiro atoms. The van der Waals surface area contributed by atoms with Gasteiger partial charge in [-0.05, 0) is 61.9 Å². The molecule has 4 aromatic rings. The van der Waals surface area contributed by atoms with Gasteiger partial charge in [0, 0.05) is 35.7 Å². The molecule has 160 valence electrons. The molecule has 0 aromatic carbocycles. The van der Waals surface area contributed by atoms with Crippen LogP contribution in [0.3, 0.4) is 0 Å². The van der Waals surface area contributed by atoms with Gasteiger partial charge in [-0.3, -0.25) is 9.59 Å². The summed E-state index contributed by atoms with van der Waals surface area (Å²) in [6, 6.07) is 16.6. The van der Waals surface area contributed by atoms with Crippen molar-refractivity contribution >= 4 is 56.9 Å². The predicted molar refractivity (Wildman–Crippen MR) is 137 cm³/mol. The lowest BCUT2D eigenvalue weighted by Gasteiger charge is -1.97. The first-order chi connectivity index (χ1) is 15.0. The molecule has 31 heavy (non-hydrogen) atoms. The molecule has 0 aliphatic rings. The second kappa shape index (κ2) is 10.2. The number of carbonyl (C=O) groups is 2. The molecule has 0 saturated heterocycles. The van der Waals surface area contributed by atoms with Crippen molar-refractivity contribution in [1.29, 1.82) is 0 Å². The number of rotatable bonds is 10. The Morgan fingerprint density at radius 1 is 0.613 bits per heavy atom. The van der Waals surface area contributed by atoms with Gasteiger partial charge in [0.25, 0.3) is 0 Å². The molecular weight excluding hydrogens is 461 g/mol. The number of hydrogen-bond donors (Lipinski definition) is 0.